The number of rotatable bonds is 6. The highest BCUT2D eigenvalue weighted by molar-refractivity contribution is 6.29. The second-order valence-electron chi connectivity index (χ2n) is 8.58. The topological polar surface area (TPSA) is 68.6 Å². The number of pyridine rings is 1. The van der Waals surface area contributed by atoms with Crippen molar-refractivity contribution in [3.8, 4) is 11.5 Å². The van der Waals surface area contributed by atoms with Crippen LogP contribution in [-0.2, 0) is 35.0 Å². The zero-order chi connectivity index (χ0) is 26.2. The summed E-state index contributed by atoms with van der Waals surface area (Å²) in [5.41, 5.74) is -0.114. The van der Waals surface area contributed by atoms with Crippen molar-refractivity contribution >= 4 is 34.4 Å². The lowest BCUT2D eigenvalue weighted by Gasteiger charge is -2.16. The van der Waals surface area contributed by atoms with Gasteiger partial charge in [0.2, 0.25) is 0 Å². The standard InChI is InChI=1S/C28H18F4N2O3/c29-24-7-6-18(28(30,31)32)11-17(24)13-19(35)12-16-5-8-25(22-4-2-1-3-21(16)22)37-26-9-10-33-27-23(26)14-20(36)15-34-27/h1-11,15H,12-14H2. The van der Waals surface area contributed by atoms with Crippen LogP contribution in [0.15, 0.2) is 71.9 Å². The van der Waals surface area contributed by atoms with Gasteiger partial charge in [0.1, 0.15) is 23.1 Å². The fourth-order valence-electron chi connectivity index (χ4n) is 4.26. The summed E-state index contributed by atoms with van der Waals surface area (Å²) in [5.74, 6) is -0.142. The van der Waals surface area contributed by atoms with Gasteiger partial charge in [-0.1, -0.05) is 30.3 Å². The molecule has 1 aromatic heterocycles. The van der Waals surface area contributed by atoms with Crippen molar-refractivity contribution in [1.82, 2.24) is 4.98 Å². The molecule has 1 aliphatic rings. The van der Waals surface area contributed by atoms with Gasteiger partial charge >= 0.3 is 6.18 Å². The van der Waals surface area contributed by atoms with Crippen LogP contribution in [-0.4, -0.2) is 22.8 Å². The Morgan fingerprint density at radius 1 is 0.919 bits per heavy atom. The van der Waals surface area contributed by atoms with E-state index in [4.69, 9.17) is 4.74 Å². The Morgan fingerprint density at radius 3 is 2.46 bits per heavy atom. The zero-order valence-corrected chi connectivity index (χ0v) is 19.2. The van der Waals surface area contributed by atoms with E-state index in [2.05, 4.69) is 9.98 Å². The highest BCUT2D eigenvalue weighted by Crippen LogP contribution is 2.37. The van der Waals surface area contributed by atoms with E-state index in [0.29, 0.717) is 51.3 Å². The van der Waals surface area contributed by atoms with Gasteiger partial charge < -0.3 is 4.74 Å². The number of ketones is 2. The summed E-state index contributed by atoms with van der Waals surface area (Å²) in [5, 5.41) is 1.39. The molecule has 0 N–H and O–H groups in total. The van der Waals surface area contributed by atoms with Crippen molar-refractivity contribution in [2.45, 2.75) is 25.4 Å². The van der Waals surface area contributed by atoms with Crippen molar-refractivity contribution in [2.75, 3.05) is 0 Å². The van der Waals surface area contributed by atoms with Crippen molar-refractivity contribution < 1.29 is 31.9 Å². The number of Topliss-reactive ketones (excluding diaryl/α,β-unsaturated/α-hetero) is 2. The van der Waals surface area contributed by atoms with Gasteiger partial charge in [-0.2, -0.15) is 13.2 Å². The third-order valence-corrected chi connectivity index (χ3v) is 6.01. The van der Waals surface area contributed by atoms with E-state index < -0.39 is 29.8 Å². The third kappa shape index (κ3) is 5.11. The number of aromatic nitrogens is 1. The van der Waals surface area contributed by atoms with Crippen LogP contribution in [0.1, 0.15) is 22.3 Å². The number of benzene rings is 3. The Hall–Kier alpha value is -4.40. The smallest absolute Gasteiger partial charge is 0.416 e. The molecule has 186 valence electrons. The molecule has 1 aliphatic heterocycles. The molecule has 0 fully saturated rings. The number of alkyl halides is 3. The molecule has 5 nitrogen and oxygen atoms in total. The van der Waals surface area contributed by atoms with Crippen LogP contribution >= 0.6 is 0 Å². The summed E-state index contributed by atoms with van der Waals surface area (Å²) in [6.45, 7) is 0. The molecule has 0 aliphatic carbocycles. The predicted molar refractivity (Wildman–Crippen MR) is 129 cm³/mol. The van der Waals surface area contributed by atoms with E-state index in [-0.39, 0.29) is 24.2 Å². The minimum absolute atomic E-state index is 0.107. The molecule has 0 spiro atoms. The summed E-state index contributed by atoms with van der Waals surface area (Å²) in [6.07, 6.45) is -2.34. The van der Waals surface area contributed by atoms with E-state index in [1.54, 1.807) is 36.4 Å². The van der Waals surface area contributed by atoms with E-state index in [1.807, 2.05) is 6.07 Å². The molecule has 0 amide bonds. The van der Waals surface area contributed by atoms with Gasteiger partial charge in [-0.25, -0.2) is 14.4 Å². The number of aliphatic imine (C=N–C) groups is 1. The van der Waals surface area contributed by atoms with Gasteiger partial charge in [0.05, 0.1) is 11.8 Å². The monoisotopic (exact) mass is 506 g/mol. The number of nitrogens with zero attached hydrogens (tertiary/aromatic N) is 2. The van der Waals surface area contributed by atoms with Crippen molar-refractivity contribution in [3.05, 3.63) is 94.9 Å². The Balaban J connectivity index is 1.42. The van der Waals surface area contributed by atoms with Gasteiger partial charge in [0, 0.05) is 36.4 Å². The van der Waals surface area contributed by atoms with E-state index >= 15 is 0 Å². The van der Waals surface area contributed by atoms with Gasteiger partial charge in [0.25, 0.3) is 0 Å². The van der Waals surface area contributed by atoms with Crippen molar-refractivity contribution in [3.63, 3.8) is 0 Å². The van der Waals surface area contributed by atoms with Gasteiger partial charge in [-0.15, -0.1) is 0 Å². The van der Waals surface area contributed by atoms with Crippen LogP contribution in [0.2, 0.25) is 0 Å². The first-order valence-electron chi connectivity index (χ1n) is 11.3. The Bertz CT molecular complexity index is 1580. The maximum absolute atomic E-state index is 14.1. The normalized spacial score (nSPS) is 13.0. The van der Waals surface area contributed by atoms with Crippen LogP contribution in [0, 0.1) is 5.82 Å². The number of fused-ring (bicyclic) bond motifs is 2. The molecule has 0 radical (unpaired) electrons. The lowest BCUT2D eigenvalue weighted by atomic mass is 9.96. The summed E-state index contributed by atoms with van der Waals surface area (Å²) >= 11 is 0. The SMILES string of the molecule is O=C1C=Nc2nccc(Oc3ccc(CC(=O)Cc4cc(C(F)(F)F)ccc4F)c4ccccc34)c2C1. The first-order chi connectivity index (χ1) is 17.7. The van der Waals surface area contributed by atoms with E-state index in [0.717, 1.165) is 6.07 Å². The minimum atomic E-state index is -4.63. The van der Waals surface area contributed by atoms with E-state index in [1.165, 1.54) is 12.4 Å². The number of hydrogen-bond acceptors (Lipinski definition) is 5. The number of carbonyl (C=O) groups is 2. The first-order valence-corrected chi connectivity index (χ1v) is 11.3. The van der Waals surface area contributed by atoms with Crippen LogP contribution in [0.25, 0.3) is 10.8 Å². The molecule has 0 saturated heterocycles. The molecule has 2 heterocycles. The Morgan fingerprint density at radius 2 is 1.68 bits per heavy atom. The molecular formula is C28H18F4N2O3. The average molecular weight is 506 g/mol. The molecule has 0 unspecified atom stereocenters. The lowest BCUT2D eigenvalue weighted by molar-refractivity contribution is -0.137. The van der Waals surface area contributed by atoms with Gasteiger partial charge in [0.15, 0.2) is 11.6 Å². The molecule has 0 saturated carbocycles. The molecule has 5 rings (SSSR count). The number of carbonyl (C=O) groups excluding carboxylic acids is 2. The van der Waals surface area contributed by atoms with Crippen LogP contribution < -0.4 is 4.74 Å². The maximum atomic E-state index is 14.1. The van der Waals surface area contributed by atoms with Crippen molar-refractivity contribution in [2.24, 2.45) is 4.99 Å². The molecule has 9 heteroatoms. The fourth-order valence-corrected chi connectivity index (χ4v) is 4.26. The third-order valence-electron chi connectivity index (χ3n) is 6.01. The summed E-state index contributed by atoms with van der Waals surface area (Å²) in [6, 6.07) is 14.2. The maximum Gasteiger partial charge on any atom is 0.416 e. The molecule has 0 bridgehead atoms. The zero-order valence-electron chi connectivity index (χ0n) is 19.2. The second kappa shape index (κ2) is 9.57. The minimum Gasteiger partial charge on any atom is -0.456 e. The van der Waals surface area contributed by atoms with E-state index in [9.17, 15) is 27.2 Å². The Kier molecular flexibility index (Phi) is 6.29. The van der Waals surface area contributed by atoms with Crippen LogP contribution in [0.5, 0.6) is 11.5 Å². The highest BCUT2D eigenvalue weighted by atomic mass is 19.4. The molecule has 3 aromatic carbocycles. The molecular weight excluding hydrogens is 488 g/mol. The lowest BCUT2D eigenvalue weighted by Crippen LogP contribution is -2.11. The Labute approximate surface area is 208 Å². The highest BCUT2D eigenvalue weighted by Gasteiger charge is 2.31. The predicted octanol–water partition coefficient (Wildman–Crippen LogP) is 6.37. The first kappa shape index (κ1) is 24.3. The largest absolute Gasteiger partial charge is 0.456 e. The van der Waals surface area contributed by atoms with Gasteiger partial charge in [-0.3, -0.25) is 9.59 Å². The molecule has 0 atom stereocenters. The van der Waals surface area contributed by atoms with Gasteiger partial charge in [-0.05, 0) is 46.8 Å². The number of halogens is 4. The number of ether oxygens (including phenoxy) is 1. The van der Waals surface area contributed by atoms with Crippen LogP contribution in [0.3, 0.4) is 0 Å². The van der Waals surface area contributed by atoms with Crippen LogP contribution in [0.4, 0.5) is 23.4 Å². The van der Waals surface area contributed by atoms with Crippen molar-refractivity contribution in [1.29, 1.82) is 0 Å². The number of hydrogen-bond donors (Lipinski definition) is 0. The average Bonchev–Trinajstić information content (AvgIpc) is 2.86. The summed E-state index contributed by atoms with van der Waals surface area (Å²) in [7, 11) is 0. The second-order valence-corrected chi connectivity index (χ2v) is 8.58. The fraction of sp³-hybridized carbons (Fsp3) is 0.143. The summed E-state index contributed by atoms with van der Waals surface area (Å²) in [4.78, 5) is 32.9. The quantitative estimate of drug-likeness (QED) is 0.285. The molecule has 37 heavy (non-hydrogen) atoms. The molecule has 4 aromatic rings. The summed E-state index contributed by atoms with van der Waals surface area (Å²) < 4.78 is 59.3.